The summed E-state index contributed by atoms with van der Waals surface area (Å²) < 4.78 is 1.49. The molecule has 1 fully saturated rings. The van der Waals surface area contributed by atoms with Gasteiger partial charge in [-0.1, -0.05) is 18.2 Å². The van der Waals surface area contributed by atoms with Crippen LogP contribution in [0.15, 0.2) is 47.4 Å². The Hall–Kier alpha value is -2.89. The molecule has 2 heterocycles. The number of pyridine rings is 1. The van der Waals surface area contributed by atoms with Gasteiger partial charge in [-0.25, -0.2) is 0 Å². The number of para-hydroxylation sites is 1. The molecular formula is C20H23N3O3. The van der Waals surface area contributed by atoms with Crippen LogP contribution in [-0.4, -0.2) is 34.4 Å². The second kappa shape index (κ2) is 7.99. The zero-order valence-electron chi connectivity index (χ0n) is 14.9. The minimum absolute atomic E-state index is 0.0409. The van der Waals surface area contributed by atoms with E-state index in [0.29, 0.717) is 17.8 Å². The van der Waals surface area contributed by atoms with Crippen LogP contribution in [0.2, 0.25) is 0 Å². The van der Waals surface area contributed by atoms with Crippen molar-refractivity contribution in [3.63, 3.8) is 0 Å². The fourth-order valence-corrected chi connectivity index (χ4v) is 3.17. The number of anilines is 1. The number of carbonyl (C=O) groups is 2. The van der Waals surface area contributed by atoms with Gasteiger partial charge in [0, 0.05) is 38.3 Å². The minimum atomic E-state index is -0.217. The Morgan fingerprint density at radius 3 is 2.58 bits per heavy atom. The van der Waals surface area contributed by atoms with Crippen LogP contribution < -0.4 is 10.9 Å². The van der Waals surface area contributed by atoms with Gasteiger partial charge in [-0.15, -0.1) is 0 Å². The van der Waals surface area contributed by atoms with Crippen molar-refractivity contribution in [1.82, 2.24) is 9.47 Å². The molecule has 1 N–H and O–H groups in total. The van der Waals surface area contributed by atoms with Crippen LogP contribution in [0.3, 0.4) is 0 Å². The number of carbonyl (C=O) groups excluding carboxylic acids is 2. The summed E-state index contributed by atoms with van der Waals surface area (Å²) in [6, 6.07) is 10.4. The van der Waals surface area contributed by atoms with Crippen molar-refractivity contribution in [3.8, 4) is 0 Å². The molecule has 6 heteroatoms. The van der Waals surface area contributed by atoms with Gasteiger partial charge in [0.25, 0.3) is 11.5 Å². The molecule has 1 aliphatic heterocycles. The third-order valence-electron chi connectivity index (χ3n) is 4.64. The van der Waals surface area contributed by atoms with E-state index in [0.717, 1.165) is 31.5 Å². The first-order valence-electron chi connectivity index (χ1n) is 8.90. The number of hydrogen-bond donors (Lipinski definition) is 1. The van der Waals surface area contributed by atoms with Gasteiger partial charge in [0.1, 0.15) is 0 Å². The van der Waals surface area contributed by atoms with Crippen LogP contribution in [0, 0.1) is 6.92 Å². The lowest BCUT2D eigenvalue weighted by Gasteiger charge is -2.19. The topological polar surface area (TPSA) is 71.4 Å². The Morgan fingerprint density at radius 2 is 1.85 bits per heavy atom. The molecule has 0 aliphatic carbocycles. The van der Waals surface area contributed by atoms with Gasteiger partial charge in [0.2, 0.25) is 5.91 Å². The Morgan fingerprint density at radius 1 is 1.08 bits per heavy atom. The average Bonchev–Trinajstić information content (AvgIpc) is 3.17. The third-order valence-corrected chi connectivity index (χ3v) is 4.64. The number of nitrogens with zero attached hydrogens (tertiary/aromatic N) is 2. The summed E-state index contributed by atoms with van der Waals surface area (Å²) in [5.74, 6) is -0.258. The van der Waals surface area contributed by atoms with Gasteiger partial charge in [-0.2, -0.15) is 0 Å². The second-order valence-corrected chi connectivity index (χ2v) is 6.53. The van der Waals surface area contributed by atoms with Crippen LogP contribution >= 0.6 is 0 Å². The SMILES string of the molecule is Cc1cccc(C(=O)N2CCCC2)c1NC(=O)CCn1ccccc1=O. The van der Waals surface area contributed by atoms with Gasteiger partial charge in [0.05, 0.1) is 11.3 Å². The first-order valence-corrected chi connectivity index (χ1v) is 8.90. The van der Waals surface area contributed by atoms with E-state index in [2.05, 4.69) is 5.32 Å². The number of benzene rings is 1. The molecule has 1 aromatic carbocycles. The lowest BCUT2D eigenvalue weighted by atomic mass is 10.1. The van der Waals surface area contributed by atoms with Gasteiger partial charge < -0.3 is 14.8 Å². The highest BCUT2D eigenvalue weighted by Crippen LogP contribution is 2.24. The predicted octanol–water partition coefficient (Wildman–Crippen LogP) is 2.42. The molecule has 0 unspecified atom stereocenters. The van der Waals surface area contributed by atoms with Crippen molar-refractivity contribution in [2.45, 2.75) is 32.7 Å². The fourth-order valence-electron chi connectivity index (χ4n) is 3.17. The Bertz CT molecular complexity index is 867. The van der Waals surface area contributed by atoms with E-state index < -0.39 is 0 Å². The molecular weight excluding hydrogens is 330 g/mol. The summed E-state index contributed by atoms with van der Waals surface area (Å²) in [7, 11) is 0. The van der Waals surface area contributed by atoms with E-state index in [-0.39, 0.29) is 23.8 Å². The maximum absolute atomic E-state index is 12.8. The highest BCUT2D eigenvalue weighted by atomic mass is 16.2. The van der Waals surface area contributed by atoms with E-state index >= 15 is 0 Å². The minimum Gasteiger partial charge on any atom is -0.339 e. The molecule has 0 saturated carbocycles. The van der Waals surface area contributed by atoms with Crippen molar-refractivity contribution in [2.75, 3.05) is 18.4 Å². The molecule has 136 valence electrons. The molecule has 0 spiro atoms. The summed E-state index contributed by atoms with van der Waals surface area (Å²) in [5, 5.41) is 2.87. The van der Waals surface area contributed by atoms with Gasteiger partial charge in [0.15, 0.2) is 0 Å². The number of aromatic nitrogens is 1. The zero-order chi connectivity index (χ0) is 18.5. The number of aryl methyl sites for hydroxylation is 2. The van der Waals surface area contributed by atoms with Crippen LogP contribution in [0.4, 0.5) is 5.69 Å². The lowest BCUT2D eigenvalue weighted by molar-refractivity contribution is -0.116. The summed E-state index contributed by atoms with van der Waals surface area (Å²) in [4.78, 5) is 38.7. The zero-order valence-corrected chi connectivity index (χ0v) is 14.9. The Kier molecular flexibility index (Phi) is 5.51. The number of hydrogen-bond acceptors (Lipinski definition) is 3. The molecule has 1 aliphatic rings. The largest absolute Gasteiger partial charge is 0.339 e. The van der Waals surface area contributed by atoms with Crippen LogP contribution in [0.25, 0.3) is 0 Å². The average molecular weight is 353 g/mol. The molecule has 0 atom stereocenters. The number of amides is 2. The normalized spacial score (nSPS) is 13.7. The highest BCUT2D eigenvalue weighted by Gasteiger charge is 2.23. The maximum Gasteiger partial charge on any atom is 0.255 e. The monoisotopic (exact) mass is 353 g/mol. The van der Waals surface area contributed by atoms with E-state index in [1.807, 2.05) is 24.0 Å². The van der Waals surface area contributed by atoms with E-state index in [1.54, 1.807) is 24.4 Å². The number of rotatable bonds is 5. The van der Waals surface area contributed by atoms with Crippen molar-refractivity contribution in [2.24, 2.45) is 0 Å². The summed E-state index contributed by atoms with van der Waals surface area (Å²) in [5.41, 5.74) is 1.80. The fraction of sp³-hybridized carbons (Fsp3) is 0.350. The molecule has 1 saturated heterocycles. The van der Waals surface area contributed by atoms with Crippen molar-refractivity contribution >= 4 is 17.5 Å². The summed E-state index contributed by atoms with van der Waals surface area (Å²) in [6.45, 7) is 3.69. The Balaban J connectivity index is 1.72. The van der Waals surface area contributed by atoms with Crippen LogP contribution in [0.1, 0.15) is 35.2 Å². The van der Waals surface area contributed by atoms with E-state index in [4.69, 9.17) is 0 Å². The molecule has 1 aromatic heterocycles. The van der Waals surface area contributed by atoms with Crippen molar-refractivity contribution < 1.29 is 9.59 Å². The van der Waals surface area contributed by atoms with Crippen LogP contribution in [0.5, 0.6) is 0 Å². The predicted molar refractivity (Wildman–Crippen MR) is 100 cm³/mol. The summed E-state index contributed by atoms with van der Waals surface area (Å²) in [6.07, 6.45) is 3.86. The van der Waals surface area contributed by atoms with E-state index in [1.165, 1.54) is 10.6 Å². The Labute approximate surface area is 152 Å². The standard InChI is InChI=1S/C20H23N3O3/c1-15-7-6-8-16(20(26)23-12-4-5-13-23)19(15)21-17(24)10-14-22-11-3-2-9-18(22)25/h2-3,6-9,11H,4-5,10,12-14H2,1H3,(H,21,24). The number of likely N-dealkylation sites (tertiary alicyclic amines) is 1. The summed E-state index contributed by atoms with van der Waals surface area (Å²) >= 11 is 0. The van der Waals surface area contributed by atoms with Gasteiger partial charge >= 0.3 is 0 Å². The third kappa shape index (κ3) is 4.02. The molecule has 6 nitrogen and oxygen atoms in total. The first kappa shape index (κ1) is 17.9. The smallest absolute Gasteiger partial charge is 0.255 e. The molecule has 3 rings (SSSR count). The van der Waals surface area contributed by atoms with Gasteiger partial charge in [-0.3, -0.25) is 14.4 Å². The maximum atomic E-state index is 12.8. The number of nitrogens with one attached hydrogen (secondary N) is 1. The molecule has 2 aromatic rings. The quantitative estimate of drug-likeness (QED) is 0.897. The van der Waals surface area contributed by atoms with Gasteiger partial charge in [-0.05, 0) is 37.5 Å². The van der Waals surface area contributed by atoms with Crippen molar-refractivity contribution in [3.05, 3.63) is 64.1 Å². The van der Waals surface area contributed by atoms with Crippen LogP contribution in [-0.2, 0) is 11.3 Å². The second-order valence-electron chi connectivity index (χ2n) is 6.53. The molecule has 0 bridgehead atoms. The molecule has 26 heavy (non-hydrogen) atoms. The highest BCUT2D eigenvalue weighted by molar-refractivity contribution is 6.04. The molecule has 2 amide bonds. The lowest BCUT2D eigenvalue weighted by Crippen LogP contribution is -2.29. The first-order chi connectivity index (χ1) is 12.6. The van der Waals surface area contributed by atoms with Crippen molar-refractivity contribution in [1.29, 1.82) is 0 Å². The molecule has 0 radical (unpaired) electrons. The van der Waals surface area contributed by atoms with E-state index in [9.17, 15) is 14.4 Å².